The van der Waals surface area contributed by atoms with Gasteiger partial charge in [0.05, 0.1) is 12.1 Å². The van der Waals surface area contributed by atoms with Gasteiger partial charge in [-0.1, -0.05) is 13.8 Å². The fourth-order valence-electron chi connectivity index (χ4n) is 2.70. The van der Waals surface area contributed by atoms with Crippen LogP contribution in [0.25, 0.3) is 10.9 Å². The van der Waals surface area contributed by atoms with Crippen LogP contribution in [0.5, 0.6) is 0 Å². The van der Waals surface area contributed by atoms with E-state index in [1.807, 2.05) is 18.2 Å². The predicted molar refractivity (Wildman–Crippen MR) is 89.7 cm³/mol. The van der Waals surface area contributed by atoms with E-state index in [2.05, 4.69) is 30.9 Å². The van der Waals surface area contributed by atoms with Gasteiger partial charge in [-0.2, -0.15) is 0 Å². The van der Waals surface area contributed by atoms with E-state index in [9.17, 15) is 0 Å². The number of hydrogen-bond donors (Lipinski definition) is 1. The highest BCUT2D eigenvalue weighted by Gasteiger charge is 2.17. The molecule has 1 aromatic carbocycles. The van der Waals surface area contributed by atoms with Crippen LogP contribution < -0.4 is 10.6 Å². The molecule has 0 saturated carbocycles. The van der Waals surface area contributed by atoms with Gasteiger partial charge in [-0.25, -0.2) is 4.98 Å². The lowest BCUT2D eigenvalue weighted by Gasteiger charge is -2.31. The van der Waals surface area contributed by atoms with E-state index < -0.39 is 0 Å². The number of aromatic nitrogens is 1. The van der Waals surface area contributed by atoms with Crippen molar-refractivity contribution in [2.24, 2.45) is 0 Å². The average molecular weight is 287 g/mol. The molecule has 114 valence electrons. The lowest BCUT2D eigenvalue weighted by atomic mass is 10.1. The summed E-state index contributed by atoms with van der Waals surface area (Å²) in [6.45, 7) is 6.00. The summed E-state index contributed by atoms with van der Waals surface area (Å²) in [6, 6.07) is 10.5. The van der Waals surface area contributed by atoms with Crippen LogP contribution in [0.3, 0.4) is 0 Å². The number of methoxy groups -OCH3 is 1. The molecule has 0 fully saturated rings. The number of fused-ring (bicyclic) bond motifs is 1. The molecule has 0 spiro atoms. The molecule has 0 aliphatic rings. The van der Waals surface area contributed by atoms with E-state index in [0.717, 1.165) is 41.8 Å². The number of ether oxygens (including phenoxy) is 1. The SMILES string of the molecule is CCC(CC)N(CCOC)c1ccc2cc(N)ccc2n1. The zero-order valence-corrected chi connectivity index (χ0v) is 13.2. The summed E-state index contributed by atoms with van der Waals surface area (Å²) >= 11 is 0. The Hall–Kier alpha value is -1.81. The molecule has 4 heteroatoms. The number of benzene rings is 1. The lowest BCUT2D eigenvalue weighted by Crippen LogP contribution is -2.37. The number of rotatable bonds is 7. The van der Waals surface area contributed by atoms with Crippen LogP contribution in [-0.4, -0.2) is 31.3 Å². The summed E-state index contributed by atoms with van der Waals surface area (Å²) in [6.07, 6.45) is 2.20. The minimum atomic E-state index is 0.485. The Kier molecular flexibility index (Phi) is 5.39. The Labute approximate surface area is 126 Å². The number of nitrogens with zero attached hydrogens (tertiary/aromatic N) is 2. The monoisotopic (exact) mass is 287 g/mol. The second kappa shape index (κ2) is 7.27. The molecule has 2 aromatic rings. The minimum absolute atomic E-state index is 0.485. The van der Waals surface area contributed by atoms with Crippen molar-refractivity contribution in [2.75, 3.05) is 30.9 Å². The third-order valence-electron chi connectivity index (χ3n) is 3.91. The number of pyridine rings is 1. The minimum Gasteiger partial charge on any atom is -0.399 e. The normalized spacial score (nSPS) is 11.2. The van der Waals surface area contributed by atoms with Crippen LogP contribution in [0.1, 0.15) is 26.7 Å². The summed E-state index contributed by atoms with van der Waals surface area (Å²) in [4.78, 5) is 7.15. The maximum absolute atomic E-state index is 5.82. The number of anilines is 2. The van der Waals surface area contributed by atoms with Gasteiger partial charge in [0.1, 0.15) is 5.82 Å². The van der Waals surface area contributed by atoms with Crippen molar-refractivity contribution in [3.8, 4) is 0 Å². The first-order chi connectivity index (χ1) is 10.2. The summed E-state index contributed by atoms with van der Waals surface area (Å²) in [5.74, 6) is 1.01. The molecule has 0 amide bonds. The molecular weight excluding hydrogens is 262 g/mol. The Balaban J connectivity index is 2.36. The first-order valence-electron chi connectivity index (χ1n) is 7.61. The highest BCUT2D eigenvalue weighted by molar-refractivity contribution is 5.83. The van der Waals surface area contributed by atoms with Crippen molar-refractivity contribution in [1.82, 2.24) is 4.98 Å². The summed E-state index contributed by atoms with van der Waals surface area (Å²) in [5.41, 5.74) is 7.58. The van der Waals surface area contributed by atoms with Crippen molar-refractivity contribution in [2.45, 2.75) is 32.7 Å². The van der Waals surface area contributed by atoms with Gasteiger partial charge in [0.2, 0.25) is 0 Å². The highest BCUT2D eigenvalue weighted by Crippen LogP contribution is 2.23. The molecule has 0 aliphatic carbocycles. The molecule has 2 rings (SSSR count). The average Bonchev–Trinajstić information content (AvgIpc) is 2.51. The molecule has 1 aromatic heterocycles. The quantitative estimate of drug-likeness (QED) is 0.792. The molecule has 4 nitrogen and oxygen atoms in total. The van der Waals surface area contributed by atoms with E-state index in [1.54, 1.807) is 7.11 Å². The molecule has 0 unspecified atom stereocenters. The maximum atomic E-state index is 5.82. The van der Waals surface area contributed by atoms with Crippen LogP contribution in [0.4, 0.5) is 11.5 Å². The molecule has 1 heterocycles. The zero-order valence-electron chi connectivity index (χ0n) is 13.2. The van der Waals surface area contributed by atoms with Crippen LogP contribution in [0.15, 0.2) is 30.3 Å². The van der Waals surface area contributed by atoms with Gasteiger partial charge in [0.15, 0.2) is 0 Å². The third-order valence-corrected chi connectivity index (χ3v) is 3.91. The fraction of sp³-hybridized carbons (Fsp3) is 0.471. The van der Waals surface area contributed by atoms with Gasteiger partial charge in [0, 0.05) is 30.8 Å². The predicted octanol–water partition coefficient (Wildman–Crippen LogP) is 3.46. The van der Waals surface area contributed by atoms with Crippen LogP contribution in [0, 0.1) is 0 Å². The Bertz CT molecular complexity index is 581. The van der Waals surface area contributed by atoms with E-state index in [1.165, 1.54) is 0 Å². The Morgan fingerprint density at radius 2 is 1.95 bits per heavy atom. The summed E-state index contributed by atoms with van der Waals surface area (Å²) in [7, 11) is 1.74. The fourth-order valence-corrected chi connectivity index (χ4v) is 2.70. The molecule has 2 N–H and O–H groups in total. The first kappa shape index (κ1) is 15.6. The lowest BCUT2D eigenvalue weighted by molar-refractivity contribution is 0.202. The van der Waals surface area contributed by atoms with E-state index >= 15 is 0 Å². The third kappa shape index (κ3) is 3.64. The van der Waals surface area contributed by atoms with Crippen molar-refractivity contribution in [3.05, 3.63) is 30.3 Å². The summed E-state index contributed by atoms with van der Waals surface area (Å²) in [5, 5.41) is 1.08. The molecule has 0 aliphatic heterocycles. The smallest absolute Gasteiger partial charge is 0.129 e. The van der Waals surface area contributed by atoms with Gasteiger partial charge >= 0.3 is 0 Å². The summed E-state index contributed by atoms with van der Waals surface area (Å²) < 4.78 is 5.25. The van der Waals surface area contributed by atoms with Crippen LogP contribution in [0.2, 0.25) is 0 Å². The topological polar surface area (TPSA) is 51.4 Å². The van der Waals surface area contributed by atoms with Gasteiger partial charge in [0.25, 0.3) is 0 Å². The van der Waals surface area contributed by atoms with Crippen LogP contribution in [-0.2, 0) is 4.74 Å². The van der Waals surface area contributed by atoms with Gasteiger partial charge < -0.3 is 15.4 Å². The second-order valence-electron chi connectivity index (χ2n) is 5.28. The van der Waals surface area contributed by atoms with Crippen LogP contribution >= 0.6 is 0 Å². The van der Waals surface area contributed by atoms with Crippen molar-refractivity contribution >= 4 is 22.4 Å². The molecule has 0 atom stereocenters. The van der Waals surface area contributed by atoms with Crippen molar-refractivity contribution in [1.29, 1.82) is 0 Å². The van der Waals surface area contributed by atoms with Gasteiger partial charge in [-0.15, -0.1) is 0 Å². The largest absolute Gasteiger partial charge is 0.399 e. The van der Waals surface area contributed by atoms with Crippen molar-refractivity contribution in [3.63, 3.8) is 0 Å². The highest BCUT2D eigenvalue weighted by atomic mass is 16.5. The van der Waals surface area contributed by atoms with Gasteiger partial charge in [-0.05, 0) is 43.2 Å². The first-order valence-corrected chi connectivity index (χ1v) is 7.61. The molecule has 0 radical (unpaired) electrons. The van der Waals surface area contributed by atoms with E-state index in [-0.39, 0.29) is 0 Å². The zero-order chi connectivity index (χ0) is 15.2. The Morgan fingerprint density at radius 3 is 2.62 bits per heavy atom. The Morgan fingerprint density at radius 1 is 1.19 bits per heavy atom. The maximum Gasteiger partial charge on any atom is 0.129 e. The van der Waals surface area contributed by atoms with Crippen molar-refractivity contribution < 1.29 is 4.74 Å². The second-order valence-corrected chi connectivity index (χ2v) is 5.28. The van der Waals surface area contributed by atoms with E-state index in [0.29, 0.717) is 12.6 Å². The number of nitrogens with two attached hydrogens (primary N) is 1. The standard InChI is InChI=1S/C17H25N3O/c1-4-15(5-2)20(10-11-21-3)17-9-6-13-12-14(18)7-8-16(13)19-17/h6-9,12,15H,4-5,10-11,18H2,1-3H3. The van der Waals surface area contributed by atoms with E-state index in [4.69, 9.17) is 15.5 Å². The molecular formula is C17H25N3O. The molecule has 21 heavy (non-hydrogen) atoms. The number of nitrogen functional groups attached to an aromatic ring is 1. The number of hydrogen-bond acceptors (Lipinski definition) is 4. The van der Waals surface area contributed by atoms with Gasteiger partial charge in [-0.3, -0.25) is 0 Å². The molecule has 0 saturated heterocycles. The molecule has 0 bridgehead atoms.